The number of hydrogen-bond acceptors (Lipinski definition) is 3. The van der Waals surface area contributed by atoms with E-state index in [1.807, 2.05) is 6.07 Å². The molecule has 1 saturated carbocycles. The molecule has 1 heterocycles. The van der Waals surface area contributed by atoms with Crippen LogP contribution >= 0.6 is 11.8 Å². The number of nitrogens with zero attached hydrogens (tertiary/aromatic N) is 2. The first-order chi connectivity index (χ1) is 9.90. The first-order valence-corrected chi connectivity index (χ1v) is 8.47. The van der Waals surface area contributed by atoms with E-state index in [0.717, 1.165) is 29.1 Å². The molecule has 1 aliphatic rings. The van der Waals surface area contributed by atoms with Crippen molar-refractivity contribution in [2.75, 3.05) is 0 Å². The maximum atomic E-state index is 4.62. The fraction of sp³-hybridized carbons (Fsp3) is 0.500. The predicted octanol–water partition coefficient (Wildman–Crippen LogP) is 4.22. The molecule has 20 heavy (non-hydrogen) atoms. The van der Waals surface area contributed by atoms with E-state index in [1.165, 1.54) is 37.7 Å². The van der Waals surface area contributed by atoms with Gasteiger partial charge < -0.3 is 0 Å². The maximum absolute atomic E-state index is 4.62. The summed E-state index contributed by atoms with van der Waals surface area (Å²) < 4.78 is 0. The van der Waals surface area contributed by atoms with Gasteiger partial charge in [0.05, 0.1) is 0 Å². The number of aromatic nitrogens is 3. The minimum absolute atomic E-state index is 0.798. The van der Waals surface area contributed by atoms with Crippen molar-refractivity contribution in [1.82, 2.24) is 15.2 Å². The third kappa shape index (κ3) is 3.85. The van der Waals surface area contributed by atoms with Crippen LogP contribution in [0.3, 0.4) is 0 Å². The van der Waals surface area contributed by atoms with Gasteiger partial charge in [-0.3, -0.25) is 5.10 Å². The fourth-order valence-corrected chi connectivity index (χ4v) is 3.59. The van der Waals surface area contributed by atoms with Gasteiger partial charge in [-0.15, -0.1) is 0 Å². The highest BCUT2D eigenvalue weighted by atomic mass is 32.2. The number of nitrogens with one attached hydrogen (secondary N) is 1. The van der Waals surface area contributed by atoms with Crippen LogP contribution in [-0.4, -0.2) is 15.2 Å². The molecule has 0 spiro atoms. The molecule has 0 unspecified atom stereocenters. The Bertz CT molecular complexity index is 518. The van der Waals surface area contributed by atoms with Crippen molar-refractivity contribution in [2.45, 2.75) is 49.4 Å². The van der Waals surface area contributed by atoms with Crippen molar-refractivity contribution in [3.8, 4) is 0 Å². The van der Waals surface area contributed by atoms with Gasteiger partial charge in [-0.1, -0.05) is 74.2 Å². The SMILES string of the molecule is c1ccc(CSc2nc(CC3CCCCC3)n[nH]2)cc1. The third-order valence-electron chi connectivity index (χ3n) is 3.93. The summed E-state index contributed by atoms with van der Waals surface area (Å²) in [5.74, 6) is 2.73. The Balaban J connectivity index is 1.51. The normalized spacial score (nSPS) is 16.4. The molecular weight excluding hydrogens is 266 g/mol. The van der Waals surface area contributed by atoms with E-state index < -0.39 is 0 Å². The molecule has 0 aliphatic heterocycles. The van der Waals surface area contributed by atoms with E-state index in [4.69, 9.17) is 0 Å². The summed E-state index contributed by atoms with van der Waals surface area (Å²) in [5, 5.41) is 8.38. The van der Waals surface area contributed by atoms with Crippen molar-refractivity contribution in [3.63, 3.8) is 0 Å². The molecular formula is C16H21N3S. The third-order valence-corrected chi connectivity index (χ3v) is 4.86. The molecule has 4 heteroatoms. The number of thioether (sulfide) groups is 1. The van der Waals surface area contributed by atoms with E-state index in [2.05, 4.69) is 39.4 Å². The molecule has 0 amide bonds. The molecule has 1 aromatic heterocycles. The minimum atomic E-state index is 0.798. The number of aromatic amines is 1. The van der Waals surface area contributed by atoms with E-state index in [-0.39, 0.29) is 0 Å². The van der Waals surface area contributed by atoms with Gasteiger partial charge in [-0.25, -0.2) is 4.98 Å². The molecule has 3 rings (SSSR count). The zero-order valence-electron chi connectivity index (χ0n) is 11.7. The fourth-order valence-electron chi connectivity index (χ4n) is 2.81. The highest BCUT2D eigenvalue weighted by Crippen LogP contribution is 2.26. The zero-order chi connectivity index (χ0) is 13.6. The quantitative estimate of drug-likeness (QED) is 0.837. The molecule has 106 valence electrons. The highest BCUT2D eigenvalue weighted by molar-refractivity contribution is 7.98. The molecule has 2 aromatic rings. The van der Waals surface area contributed by atoms with Gasteiger partial charge in [-0.05, 0) is 11.5 Å². The van der Waals surface area contributed by atoms with E-state index >= 15 is 0 Å². The number of H-pyrrole nitrogens is 1. The highest BCUT2D eigenvalue weighted by Gasteiger charge is 2.16. The lowest BCUT2D eigenvalue weighted by atomic mass is 9.87. The number of hydrogen-bond donors (Lipinski definition) is 1. The number of rotatable bonds is 5. The Labute approximate surface area is 124 Å². The Kier molecular flexibility index (Phi) is 4.74. The van der Waals surface area contributed by atoms with Crippen molar-refractivity contribution in [2.24, 2.45) is 5.92 Å². The summed E-state index contributed by atoms with van der Waals surface area (Å²) >= 11 is 1.73. The molecule has 0 saturated heterocycles. The van der Waals surface area contributed by atoms with Gasteiger partial charge in [0.1, 0.15) is 0 Å². The van der Waals surface area contributed by atoms with Crippen molar-refractivity contribution in [1.29, 1.82) is 0 Å². The van der Waals surface area contributed by atoms with E-state index in [9.17, 15) is 0 Å². The van der Waals surface area contributed by atoms with Crippen LogP contribution in [0.15, 0.2) is 35.5 Å². The van der Waals surface area contributed by atoms with Gasteiger partial charge in [0.2, 0.25) is 0 Å². The molecule has 0 radical (unpaired) electrons. The van der Waals surface area contributed by atoms with E-state index in [1.54, 1.807) is 11.8 Å². The Morgan fingerprint density at radius 1 is 1.10 bits per heavy atom. The Morgan fingerprint density at radius 3 is 2.70 bits per heavy atom. The first-order valence-electron chi connectivity index (χ1n) is 7.48. The average molecular weight is 287 g/mol. The summed E-state index contributed by atoms with van der Waals surface area (Å²) in [7, 11) is 0. The van der Waals surface area contributed by atoms with Crippen LogP contribution in [-0.2, 0) is 12.2 Å². The second-order valence-electron chi connectivity index (χ2n) is 5.54. The van der Waals surface area contributed by atoms with Crippen LogP contribution < -0.4 is 0 Å². The minimum Gasteiger partial charge on any atom is -0.254 e. The average Bonchev–Trinajstić information content (AvgIpc) is 2.95. The monoisotopic (exact) mass is 287 g/mol. The smallest absolute Gasteiger partial charge is 0.184 e. The van der Waals surface area contributed by atoms with Gasteiger partial charge in [-0.2, -0.15) is 5.10 Å². The molecule has 1 aliphatic carbocycles. The van der Waals surface area contributed by atoms with Crippen molar-refractivity contribution >= 4 is 11.8 Å². The summed E-state index contributed by atoms with van der Waals surface area (Å²) in [4.78, 5) is 4.62. The van der Waals surface area contributed by atoms with Crippen LogP contribution in [0.4, 0.5) is 0 Å². The first kappa shape index (κ1) is 13.7. The van der Waals surface area contributed by atoms with Crippen LogP contribution in [0.25, 0.3) is 0 Å². The van der Waals surface area contributed by atoms with E-state index in [0.29, 0.717) is 0 Å². The Hall–Kier alpha value is -1.29. The summed E-state index contributed by atoms with van der Waals surface area (Å²) in [5.41, 5.74) is 1.32. The molecule has 1 N–H and O–H groups in total. The van der Waals surface area contributed by atoms with Gasteiger partial charge in [0, 0.05) is 12.2 Å². The largest absolute Gasteiger partial charge is 0.254 e. The Morgan fingerprint density at radius 2 is 1.90 bits per heavy atom. The van der Waals surface area contributed by atoms with Crippen molar-refractivity contribution in [3.05, 3.63) is 41.7 Å². The molecule has 3 nitrogen and oxygen atoms in total. The van der Waals surface area contributed by atoms with Crippen LogP contribution in [0.1, 0.15) is 43.5 Å². The molecule has 1 fully saturated rings. The van der Waals surface area contributed by atoms with Gasteiger partial charge >= 0.3 is 0 Å². The summed E-state index contributed by atoms with van der Waals surface area (Å²) in [6.07, 6.45) is 7.91. The lowest BCUT2D eigenvalue weighted by Crippen LogP contribution is -2.10. The van der Waals surface area contributed by atoms with Crippen LogP contribution in [0.5, 0.6) is 0 Å². The topological polar surface area (TPSA) is 41.6 Å². The second kappa shape index (κ2) is 6.93. The molecule has 0 bridgehead atoms. The molecule has 0 atom stereocenters. The van der Waals surface area contributed by atoms with Gasteiger partial charge in [0.25, 0.3) is 0 Å². The van der Waals surface area contributed by atoms with Crippen LogP contribution in [0, 0.1) is 5.92 Å². The summed E-state index contributed by atoms with van der Waals surface area (Å²) in [6, 6.07) is 10.5. The second-order valence-corrected chi connectivity index (χ2v) is 6.50. The predicted molar refractivity (Wildman–Crippen MR) is 82.7 cm³/mol. The summed E-state index contributed by atoms with van der Waals surface area (Å²) in [6.45, 7) is 0. The number of benzene rings is 1. The molecule has 1 aromatic carbocycles. The van der Waals surface area contributed by atoms with Crippen molar-refractivity contribution < 1.29 is 0 Å². The standard InChI is InChI=1S/C16H21N3S/c1-3-7-13(8-4-1)11-15-17-16(19-18-15)20-12-14-9-5-2-6-10-14/h2,5-6,9-10,13H,1,3-4,7-8,11-12H2,(H,17,18,19). The maximum Gasteiger partial charge on any atom is 0.184 e. The van der Waals surface area contributed by atoms with Crippen LogP contribution in [0.2, 0.25) is 0 Å². The zero-order valence-corrected chi connectivity index (χ0v) is 12.5. The lowest BCUT2D eigenvalue weighted by molar-refractivity contribution is 0.351. The van der Waals surface area contributed by atoms with Gasteiger partial charge in [0.15, 0.2) is 11.0 Å². The lowest BCUT2D eigenvalue weighted by Gasteiger charge is -2.19.